The van der Waals surface area contributed by atoms with E-state index < -0.39 is 0 Å². The minimum absolute atomic E-state index is 0.0551. The van der Waals surface area contributed by atoms with Gasteiger partial charge in [0, 0.05) is 30.1 Å². The van der Waals surface area contributed by atoms with Crippen LogP contribution in [0.5, 0.6) is 0 Å². The number of hydrogen-bond donors (Lipinski definition) is 0. The highest BCUT2D eigenvalue weighted by Gasteiger charge is 2.47. The fraction of sp³-hybridized carbons (Fsp3) is 0.414. The first-order valence-corrected chi connectivity index (χ1v) is 13.3. The van der Waals surface area contributed by atoms with Crippen molar-refractivity contribution in [2.45, 2.75) is 44.1 Å². The minimum Gasteiger partial charge on any atom is -0.456 e. The molecule has 0 N–H and O–H groups in total. The molecule has 172 valence electrons. The Labute approximate surface area is 201 Å². The molecule has 0 radical (unpaired) electrons. The lowest BCUT2D eigenvalue weighted by molar-refractivity contribution is -0.946. The SMILES string of the molecule is O=C(O[C@H]1C[N+]2(CCCc3cccs3)CCC1CC2)C(Cc1ccccc1)c1ccccc1. The second-order valence-electron chi connectivity index (χ2n) is 9.84. The zero-order chi connectivity index (χ0) is 22.5. The van der Waals surface area contributed by atoms with E-state index in [0.717, 1.165) is 16.6 Å². The molecule has 6 rings (SSSR count). The number of carbonyl (C=O) groups excluding carboxylic acids is 1. The Morgan fingerprint density at radius 3 is 2.39 bits per heavy atom. The number of benzene rings is 2. The van der Waals surface area contributed by atoms with Crippen molar-refractivity contribution in [3.05, 3.63) is 94.2 Å². The van der Waals surface area contributed by atoms with Crippen LogP contribution >= 0.6 is 11.3 Å². The van der Waals surface area contributed by atoms with E-state index in [1.165, 1.54) is 55.8 Å². The van der Waals surface area contributed by atoms with Crippen molar-refractivity contribution >= 4 is 17.3 Å². The molecule has 3 aliphatic rings. The minimum atomic E-state index is -0.253. The van der Waals surface area contributed by atoms with Crippen molar-refractivity contribution in [3.63, 3.8) is 0 Å². The fourth-order valence-electron chi connectivity index (χ4n) is 5.82. The first-order chi connectivity index (χ1) is 16.2. The van der Waals surface area contributed by atoms with E-state index in [2.05, 4.69) is 41.8 Å². The third kappa shape index (κ3) is 5.39. The van der Waals surface area contributed by atoms with Crippen molar-refractivity contribution < 1.29 is 14.0 Å². The number of nitrogens with zero attached hydrogens (tertiary/aromatic N) is 1. The fourth-order valence-corrected chi connectivity index (χ4v) is 6.57. The lowest BCUT2D eigenvalue weighted by Crippen LogP contribution is -2.64. The molecule has 2 atom stereocenters. The molecule has 1 aromatic heterocycles. The van der Waals surface area contributed by atoms with Crippen LogP contribution in [0.15, 0.2) is 78.2 Å². The van der Waals surface area contributed by atoms with Crippen LogP contribution in [0.1, 0.15) is 41.2 Å². The molecular weight excluding hydrogens is 426 g/mol. The smallest absolute Gasteiger partial charge is 0.314 e. The topological polar surface area (TPSA) is 26.3 Å². The summed E-state index contributed by atoms with van der Waals surface area (Å²) in [7, 11) is 0. The Hall–Kier alpha value is -2.43. The van der Waals surface area contributed by atoms with Gasteiger partial charge in [-0.15, -0.1) is 11.3 Å². The molecule has 3 fully saturated rings. The summed E-state index contributed by atoms with van der Waals surface area (Å²) >= 11 is 1.86. The molecule has 0 amide bonds. The maximum atomic E-state index is 13.5. The van der Waals surface area contributed by atoms with Gasteiger partial charge in [-0.05, 0) is 35.4 Å². The molecule has 3 nitrogen and oxygen atoms in total. The quantitative estimate of drug-likeness (QED) is 0.295. The molecule has 1 unspecified atom stereocenters. The molecule has 3 aliphatic heterocycles. The Kier molecular flexibility index (Phi) is 6.93. The van der Waals surface area contributed by atoms with Crippen LogP contribution in [0.2, 0.25) is 0 Å². The monoisotopic (exact) mass is 460 g/mol. The molecule has 3 aromatic rings. The van der Waals surface area contributed by atoms with E-state index in [0.29, 0.717) is 12.3 Å². The number of esters is 1. The highest BCUT2D eigenvalue weighted by molar-refractivity contribution is 7.09. The number of fused-ring (bicyclic) bond motifs is 3. The predicted octanol–water partition coefficient (Wildman–Crippen LogP) is 5.86. The number of piperidine rings is 3. The zero-order valence-electron chi connectivity index (χ0n) is 19.3. The molecular formula is C29H34NO2S+. The molecule has 4 heteroatoms. The van der Waals surface area contributed by atoms with Crippen molar-refractivity contribution in [3.8, 4) is 0 Å². The summed E-state index contributed by atoms with van der Waals surface area (Å²) in [6, 6.07) is 24.9. The summed E-state index contributed by atoms with van der Waals surface area (Å²) in [6.45, 7) is 4.68. The Bertz CT molecular complexity index is 1010. The van der Waals surface area contributed by atoms with Crippen molar-refractivity contribution in [1.29, 1.82) is 0 Å². The summed E-state index contributed by atoms with van der Waals surface area (Å²) in [5.41, 5.74) is 2.22. The van der Waals surface area contributed by atoms with Crippen LogP contribution in [0.25, 0.3) is 0 Å². The molecule has 2 aromatic carbocycles. The summed E-state index contributed by atoms with van der Waals surface area (Å²) in [6.07, 6.45) is 5.49. The number of quaternary nitrogens is 1. The van der Waals surface area contributed by atoms with Gasteiger partial charge in [-0.3, -0.25) is 4.79 Å². The highest BCUT2D eigenvalue weighted by atomic mass is 32.1. The van der Waals surface area contributed by atoms with E-state index in [-0.39, 0.29) is 18.0 Å². The average Bonchev–Trinajstić information content (AvgIpc) is 3.38. The van der Waals surface area contributed by atoms with Gasteiger partial charge in [0.15, 0.2) is 6.10 Å². The van der Waals surface area contributed by atoms with Gasteiger partial charge in [0.05, 0.1) is 25.6 Å². The molecule has 0 saturated carbocycles. The van der Waals surface area contributed by atoms with E-state index in [1.807, 2.05) is 47.7 Å². The summed E-state index contributed by atoms with van der Waals surface area (Å²) in [4.78, 5) is 15.0. The maximum Gasteiger partial charge on any atom is 0.314 e. The Balaban J connectivity index is 1.26. The van der Waals surface area contributed by atoms with Crippen LogP contribution in [0.3, 0.4) is 0 Å². The van der Waals surface area contributed by atoms with Crippen LogP contribution in [-0.2, 0) is 22.4 Å². The van der Waals surface area contributed by atoms with Gasteiger partial charge in [-0.25, -0.2) is 0 Å². The third-order valence-corrected chi connectivity index (χ3v) is 8.65. The van der Waals surface area contributed by atoms with Crippen molar-refractivity contribution in [1.82, 2.24) is 0 Å². The molecule has 4 heterocycles. The van der Waals surface area contributed by atoms with Crippen LogP contribution in [0.4, 0.5) is 0 Å². The first kappa shape index (κ1) is 22.4. The van der Waals surface area contributed by atoms with Gasteiger partial charge in [0.2, 0.25) is 0 Å². The molecule has 0 spiro atoms. The van der Waals surface area contributed by atoms with Gasteiger partial charge in [-0.1, -0.05) is 66.7 Å². The standard InChI is InChI=1S/C29H34NO2S/c31-29(27(24-11-5-2-6-12-24)21-23-9-3-1-4-10-23)32-28-22-30(18-15-25(28)16-19-30)17-7-13-26-14-8-20-33-26/h1-6,8-12,14,20,25,27-28H,7,13,15-19,21-22H2/q+1/t25?,27?,28-,30?/m0/s1. The zero-order valence-corrected chi connectivity index (χ0v) is 20.1. The number of ether oxygens (including phenoxy) is 1. The summed E-state index contributed by atoms with van der Waals surface area (Å²) in [5.74, 6) is 0.219. The number of carbonyl (C=O) groups is 1. The Morgan fingerprint density at radius 1 is 0.970 bits per heavy atom. The number of hydrogen-bond acceptors (Lipinski definition) is 3. The van der Waals surface area contributed by atoms with Gasteiger partial charge in [0.1, 0.15) is 6.54 Å². The third-order valence-electron chi connectivity index (χ3n) is 7.71. The summed E-state index contributed by atoms with van der Waals surface area (Å²) in [5, 5.41) is 2.17. The second-order valence-corrected chi connectivity index (χ2v) is 10.9. The molecule has 0 aliphatic carbocycles. The number of rotatable bonds is 9. The molecule has 33 heavy (non-hydrogen) atoms. The molecule has 3 saturated heterocycles. The normalized spacial score (nSPS) is 25.0. The Morgan fingerprint density at radius 2 is 1.70 bits per heavy atom. The largest absolute Gasteiger partial charge is 0.456 e. The van der Waals surface area contributed by atoms with Gasteiger partial charge < -0.3 is 9.22 Å². The van der Waals surface area contributed by atoms with Crippen LogP contribution in [0, 0.1) is 5.92 Å². The van der Waals surface area contributed by atoms with E-state index in [1.54, 1.807) is 0 Å². The molecule has 2 bridgehead atoms. The van der Waals surface area contributed by atoms with E-state index in [9.17, 15) is 4.79 Å². The lowest BCUT2D eigenvalue weighted by atomic mass is 9.82. The van der Waals surface area contributed by atoms with Crippen LogP contribution < -0.4 is 0 Å². The van der Waals surface area contributed by atoms with E-state index >= 15 is 0 Å². The van der Waals surface area contributed by atoms with Gasteiger partial charge >= 0.3 is 5.97 Å². The maximum absolute atomic E-state index is 13.5. The van der Waals surface area contributed by atoms with Crippen molar-refractivity contribution in [2.75, 3.05) is 26.2 Å². The summed E-state index contributed by atoms with van der Waals surface area (Å²) < 4.78 is 7.47. The highest BCUT2D eigenvalue weighted by Crippen LogP contribution is 2.37. The number of aryl methyl sites for hydroxylation is 1. The predicted molar refractivity (Wildman–Crippen MR) is 134 cm³/mol. The first-order valence-electron chi connectivity index (χ1n) is 12.4. The number of thiophene rings is 1. The van der Waals surface area contributed by atoms with E-state index in [4.69, 9.17) is 4.74 Å². The van der Waals surface area contributed by atoms with Gasteiger partial charge in [0.25, 0.3) is 0 Å². The van der Waals surface area contributed by atoms with Gasteiger partial charge in [-0.2, -0.15) is 0 Å². The van der Waals surface area contributed by atoms with Crippen LogP contribution in [-0.4, -0.2) is 42.7 Å². The van der Waals surface area contributed by atoms with Crippen molar-refractivity contribution in [2.24, 2.45) is 5.92 Å². The lowest BCUT2D eigenvalue weighted by Gasteiger charge is -2.52. The average molecular weight is 461 g/mol. The second kappa shape index (κ2) is 10.2.